The first-order valence-electron chi connectivity index (χ1n) is 4.75. The molecule has 1 aromatic carbocycles. The Morgan fingerprint density at radius 1 is 1.40 bits per heavy atom. The summed E-state index contributed by atoms with van der Waals surface area (Å²) < 4.78 is 5.03. The zero-order valence-corrected chi connectivity index (χ0v) is 8.64. The van der Waals surface area contributed by atoms with Crippen molar-refractivity contribution in [3.8, 4) is 5.75 Å². The molecular formula is C12H14O3. The van der Waals surface area contributed by atoms with Gasteiger partial charge in [-0.05, 0) is 30.5 Å². The maximum atomic E-state index is 10.2. The lowest BCUT2D eigenvalue weighted by atomic mass is 10.1. The molecule has 0 amide bonds. The minimum Gasteiger partial charge on any atom is -0.497 e. The van der Waals surface area contributed by atoms with Crippen LogP contribution in [-0.2, 0) is 11.2 Å². The molecule has 0 radical (unpaired) electrons. The molecule has 0 saturated carbocycles. The standard InChI is InChI=1S/C12H14O3/c1-15-11-8-6-10(7-9-11)4-2-3-5-12(13)14/h3,5-9H,2,4H2,1H3,(H,13,14). The highest BCUT2D eigenvalue weighted by atomic mass is 16.5. The zero-order valence-electron chi connectivity index (χ0n) is 8.64. The Morgan fingerprint density at radius 2 is 2.07 bits per heavy atom. The van der Waals surface area contributed by atoms with E-state index in [1.807, 2.05) is 24.3 Å². The molecule has 0 bridgehead atoms. The van der Waals surface area contributed by atoms with Crippen molar-refractivity contribution in [2.24, 2.45) is 0 Å². The van der Waals surface area contributed by atoms with E-state index in [9.17, 15) is 4.79 Å². The van der Waals surface area contributed by atoms with Gasteiger partial charge in [-0.3, -0.25) is 0 Å². The predicted octanol–water partition coefficient (Wildman–Crippen LogP) is 2.27. The number of carbonyl (C=O) groups is 1. The molecule has 1 rings (SSSR count). The molecule has 3 nitrogen and oxygen atoms in total. The number of methoxy groups -OCH3 is 1. The summed E-state index contributed by atoms with van der Waals surface area (Å²) in [6, 6.07) is 7.76. The van der Waals surface area contributed by atoms with E-state index in [1.54, 1.807) is 13.2 Å². The summed E-state index contributed by atoms with van der Waals surface area (Å²) in [6.45, 7) is 0. The Morgan fingerprint density at radius 3 is 2.60 bits per heavy atom. The molecule has 0 aliphatic rings. The molecule has 0 unspecified atom stereocenters. The Bertz CT molecular complexity index is 338. The quantitative estimate of drug-likeness (QED) is 0.752. The van der Waals surface area contributed by atoms with Crippen LogP contribution in [0.4, 0.5) is 0 Å². The van der Waals surface area contributed by atoms with Gasteiger partial charge in [0, 0.05) is 6.08 Å². The maximum absolute atomic E-state index is 10.2. The topological polar surface area (TPSA) is 46.5 Å². The SMILES string of the molecule is COc1ccc(CCC=CC(=O)O)cc1. The average molecular weight is 206 g/mol. The monoisotopic (exact) mass is 206 g/mol. The van der Waals surface area contributed by atoms with Crippen LogP contribution in [0.2, 0.25) is 0 Å². The van der Waals surface area contributed by atoms with Crippen molar-refractivity contribution < 1.29 is 14.6 Å². The molecule has 1 aromatic rings. The van der Waals surface area contributed by atoms with Gasteiger partial charge in [-0.15, -0.1) is 0 Å². The first kappa shape index (κ1) is 11.3. The number of ether oxygens (including phenoxy) is 1. The second-order valence-electron chi connectivity index (χ2n) is 3.13. The summed E-state index contributed by atoms with van der Waals surface area (Å²) in [5.41, 5.74) is 1.17. The van der Waals surface area contributed by atoms with Gasteiger partial charge < -0.3 is 9.84 Å². The fourth-order valence-electron chi connectivity index (χ4n) is 1.23. The van der Waals surface area contributed by atoms with Crippen molar-refractivity contribution in [2.45, 2.75) is 12.8 Å². The summed E-state index contributed by atoms with van der Waals surface area (Å²) >= 11 is 0. The lowest BCUT2D eigenvalue weighted by molar-refractivity contribution is -0.131. The van der Waals surface area contributed by atoms with Crippen LogP contribution in [0.3, 0.4) is 0 Å². The average Bonchev–Trinajstić information content (AvgIpc) is 2.25. The van der Waals surface area contributed by atoms with Crippen LogP contribution in [-0.4, -0.2) is 18.2 Å². The van der Waals surface area contributed by atoms with E-state index in [2.05, 4.69) is 0 Å². The van der Waals surface area contributed by atoms with Crippen LogP contribution in [0.25, 0.3) is 0 Å². The molecule has 15 heavy (non-hydrogen) atoms. The molecule has 0 spiro atoms. The van der Waals surface area contributed by atoms with Crippen LogP contribution in [0.5, 0.6) is 5.75 Å². The second-order valence-corrected chi connectivity index (χ2v) is 3.13. The van der Waals surface area contributed by atoms with Gasteiger partial charge in [-0.1, -0.05) is 18.2 Å². The molecule has 0 saturated heterocycles. The van der Waals surface area contributed by atoms with E-state index in [0.29, 0.717) is 0 Å². The Hall–Kier alpha value is -1.77. The van der Waals surface area contributed by atoms with Crippen molar-refractivity contribution in [1.29, 1.82) is 0 Å². The Labute approximate surface area is 89.0 Å². The van der Waals surface area contributed by atoms with E-state index in [0.717, 1.165) is 18.6 Å². The van der Waals surface area contributed by atoms with Crippen molar-refractivity contribution >= 4 is 5.97 Å². The Kier molecular flexibility index (Phi) is 4.41. The molecular weight excluding hydrogens is 192 g/mol. The summed E-state index contributed by atoms with van der Waals surface area (Å²) in [5.74, 6) is -0.0652. The third kappa shape index (κ3) is 4.31. The van der Waals surface area contributed by atoms with Gasteiger partial charge in [0.1, 0.15) is 5.75 Å². The van der Waals surface area contributed by atoms with Crippen LogP contribution < -0.4 is 4.74 Å². The molecule has 0 atom stereocenters. The van der Waals surface area contributed by atoms with E-state index in [4.69, 9.17) is 9.84 Å². The van der Waals surface area contributed by atoms with E-state index < -0.39 is 5.97 Å². The smallest absolute Gasteiger partial charge is 0.327 e. The van der Waals surface area contributed by atoms with Gasteiger partial charge >= 0.3 is 5.97 Å². The van der Waals surface area contributed by atoms with Gasteiger partial charge in [0.2, 0.25) is 0 Å². The van der Waals surface area contributed by atoms with E-state index in [1.165, 1.54) is 11.6 Å². The summed E-state index contributed by atoms with van der Waals surface area (Å²) in [5, 5.41) is 8.38. The minimum atomic E-state index is -0.898. The number of aliphatic carboxylic acids is 1. The molecule has 0 aliphatic carbocycles. The van der Waals surface area contributed by atoms with Crippen molar-refractivity contribution in [1.82, 2.24) is 0 Å². The fraction of sp³-hybridized carbons (Fsp3) is 0.250. The summed E-state index contributed by atoms with van der Waals surface area (Å²) in [4.78, 5) is 10.2. The van der Waals surface area contributed by atoms with Gasteiger partial charge in [0.25, 0.3) is 0 Å². The third-order valence-corrected chi connectivity index (χ3v) is 2.02. The first-order chi connectivity index (χ1) is 7.22. The fourth-order valence-corrected chi connectivity index (χ4v) is 1.23. The number of hydrogen-bond acceptors (Lipinski definition) is 2. The summed E-state index contributed by atoms with van der Waals surface area (Å²) in [6.07, 6.45) is 4.41. The van der Waals surface area contributed by atoms with E-state index in [-0.39, 0.29) is 0 Å². The zero-order chi connectivity index (χ0) is 11.1. The number of allylic oxidation sites excluding steroid dienone is 1. The normalized spacial score (nSPS) is 10.5. The number of aryl methyl sites for hydroxylation is 1. The van der Waals surface area contributed by atoms with E-state index >= 15 is 0 Å². The molecule has 3 heteroatoms. The lowest BCUT2D eigenvalue weighted by Gasteiger charge is -2.01. The highest BCUT2D eigenvalue weighted by Crippen LogP contribution is 2.12. The number of benzene rings is 1. The number of carboxylic acid groups (broad SMARTS) is 1. The van der Waals surface area contributed by atoms with Crippen LogP contribution >= 0.6 is 0 Å². The summed E-state index contributed by atoms with van der Waals surface area (Å²) in [7, 11) is 1.63. The van der Waals surface area contributed by atoms with Crippen LogP contribution in [0.1, 0.15) is 12.0 Å². The highest BCUT2D eigenvalue weighted by molar-refractivity contribution is 5.79. The largest absolute Gasteiger partial charge is 0.497 e. The predicted molar refractivity (Wildman–Crippen MR) is 58.1 cm³/mol. The van der Waals surface area contributed by atoms with Crippen molar-refractivity contribution in [2.75, 3.05) is 7.11 Å². The van der Waals surface area contributed by atoms with Gasteiger partial charge in [-0.25, -0.2) is 4.79 Å². The second kappa shape index (κ2) is 5.86. The Balaban J connectivity index is 2.41. The molecule has 0 heterocycles. The maximum Gasteiger partial charge on any atom is 0.327 e. The van der Waals surface area contributed by atoms with Crippen LogP contribution in [0, 0.1) is 0 Å². The third-order valence-electron chi connectivity index (χ3n) is 2.02. The first-order valence-corrected chi connectivity index (χ1v) is 4.75. The van der Waals surface area contributed by atoms with Crippen LogP contribution in [0.15, 0.2) is 36.4 Å². The van der Waals surface area contributed by atoms with Crippen molar-refractivity contribution in [3.05, 3.63) is 42.0 Å². The molecule has 0 aliphatic heterocycles. The number of rotatable bonds is 5. The highest BCUT2D eigenvalue weighted by Gasteiger charge is 1.93. The molecule has 80 valence electrons. The van der Waals surface area contributed by atoms with Gasteiger partial charge in [0.15, 0.2) is 0 Å². The lowest BCUT2D eigenvalue weighted by Crippen LogP contribution is -1.88. The van der Waals surface area contributed by atoms with Gasteiger partial charge in [-0.2, -0.15) is 0 Å². The molecule has 1 N–H and O–H groups in total. The number of carboxylic acids is 1. The molecule has 0 fully saturated rings. The van der Waals surface area contributed by atoms with Crippen molar-refractivity contribution in [3.63, 3.8) is 0 Å². The number of hydrogen-bond donors (Lipinski definition) is 1. The van der Waals surface area contributed by atoms with Gasteiger partial charge in [0.05, 0.1) is 7.11 Å². The molecule has 0 aromatic heterocycles. The minimum absolute atomic E-state index is 0.735.